The molecule has 0 unspecified atom stereocenters. The van der Waals surface area contributed by atoms with Gasteiger partial charge in [-0.25, -0.2) is 17.5 Å². The minimum Gasteiger partial charge on any atom is -0.396 e. The lowest BCUT2D eigenvalue weighted by atomic mass is 10.3. The van der Waals surface area contributed by atoms with Crippen LogP contribution in [0.3, 0.4) is 0 Å². The van der Waals surface area contributed by atoms with Gasteiger partial charge in [0.1, 0.15) is 5.82 Å². The summed E-state index contributed by atoms with van der Waals surface area (Å²) in [7, 11) is -3.77. The molecule has 0 saturated carbocycles. The highest BCUT2D eigenvalue weighted by Gasteiger charge is 2.20. The van der Waals surface area contributed by atoms with Gasteiger partial charge in [-0.3, -0.25) is 0 Å². The van der Waals surface area contributed by atoms with Crippen molar-refractivity contribution in [2.45, 2.75) is 17.4 Å². The molecule has 4 nitrogen and oxygen atoms in total. The van der Waals surface area contributed by atoms with E-state index in [1.54, 1.807) is 0 Å². The maximum atomic E-state index is 13.0. The predicted octanol–water partition coefficient (Wildman–Crippen LogP) is 1.87. The first-order valence-corrected chi connectivity index (χ1v) is 8.73. The van der Waals surface area contributed by atoms with E-state index in [2.05, 4.69) is 4.72 Å². The number of sulfonamides is 1. The van der Waals surface area contributed by atoms with Gasteiger partial charge in [0.2, 0.25) is 10.0 Å². The minimum atomic E-state index is -3.77. The lowest BCUT2D eigenvalue weighted by Crippen LogP contribution is -2.37. The van der Waals surface area contributed by atoms with E-state index in [9.17, 15) is 12.8 Å². The van der Waals surface area contributed by atoms with Gasteiger partial charge >= 0.3 is 0 Å². The number of nitrogens with one attached hydrogen (secondary N) is 1. The van der Waals surface area contributed by atoms with Crippen LogP contribution in [0.25, 0.3) is 0 Å². The molecule has 0 aliphatic rings. The number of aliphatic hydroxyl groups excluding tert-OH is 1. The van der Waals surface area contributed by atoms with Gasteiger partial charge in [-0.05, 0) is 30.9 Å². The van der Waals surface area contributed by atoms with Gasteiger partial charge in [0.15, 0.2) is 0 Å². The number of hydrogen-bond acceptors (Lipinski definition) is 4. The number of aliphatic hydroxyl groups is 1. The number of benzene rings is 1. The van der Waals surface area contributed by atoms with Gasteiger partial charge < -0.3 is 5.11 Å². The monoisotopic (exact) mass is 327 g/mol. The van der Waals surface area contributed by atoms with Crippen molar-refractivity contribution in [3.63, 3.8) is 0 Å². The molecule has 0 radical (unpaired) electrons. The molecule has 0 amide bonds. The molecule has 0 aromatic heterocycles. The third kappa shape index (κ3) is 4.92. The molecule has 1 aromatic carbocycles. The van der Waals surface area contributed by atoms with Crippen molar-refractivity contribution < 1.29 is 17.9 Å². The SMILES string of the molecule is CSC[C@H](CCO)NS(=O)(=O)c1ccc(F)c(Cl)c1. The highest BCUT2D eigenvalue weighted by Crippen LogP contribution is 2.20. The van der Waals surface area contributed by atoms with Gasteiger partial charge in [0, 0.05) is 18.4 Å². The molecule has 0 aliphatic heterocycles. The van der Waals surface area contributed by atoms with Gasteiger partial charge in [0.05, 0.1) is 9.92 Å². The zero-order valence-corrected chi connectivity index (χ0v) is 12.7. The minimum absolute atomic E-state index is 0.0945. The molecular formula is C11H15ClFNO3S2. The zero-order valence-electron chi connectivity index (χ0n) is 10.3. The molecule has 8 heteroatoms. The lowest BCUT2D eigenvalue weighted by Gasteiger charge is -2.16. The van der Waals surface area contributed by atoms with Crippen LogP contribution in [0.4, 0.5) is 4.39 Å². The van der Waals surface area contributed by atoms with E-state index in [0.717, 1.165) is 18.2 Å². The number of rotatable bonds is 7. The first-order valence-electron chi connectivity index (χ1n) is 5.48. The summed E-state index contributed by atoms with van der Waals surface area (Å²) in [6, 6.07) is 2.84. The fraction of sp³-hybridized carbons (Fsp3) is 0.455. The second-order valence-electron chi connectivity index (χ2n) is 3.86. The summed E-state index contributed by atoms with van der Waals surface area (Å²) in [5.74, 6) is -0.133. The summed E-state index contributed by atoms with van der Waals surface area (Å²) in [6.07, 6.45) is 2.16. The Bertz CT molecular complexity index is 519. The molecule has 0 aliphatic carbocycles. The average Bonchev–Trinajstić information content (AvgIpc) is 2.32. The Balaban J connectivity index is 2.92. The van der Waals surface area contributed by atoms with Crippen LogP contribution in [0.5, 0.6) is 0 Å². The molecule has 0 spiro atoms. The molecule has 0 bridgehead atoms. The largest absolute Gasteiger partial charge is 0.396 e. The number of thioether (sulfide) groups is 1. The maximum Gasteiger partial charge on any atom is 0.240 e. The summed E-state index contributed by atoms with van der Waals surface area (Å²) in [5.41, 5.74) is 0. The van der Waals surface area contributed by atoms with Crippen molar-refractivity contribution in [1.82, 2.24) is 4.72 Å². The van der Waals surface area contributed by atoms with Gasteiger partial charge in [-0.1, -0.05) is 11.6 Å². The van der Waals surface area contributed by atoms with E-state index in [1.165, 1.54) is 11.8 Å². The quantitative estimate of drug-likeness (QED) is 0.802. The fourth-order valence-electron chi connectivity index (χ4n) is 1.46. The molecule has 2 N–H and O–H groups in total. The van der Waals surface area contributed by atoms with Crippen LogP contribution in [-0.4, -0.2) is 38.2 Å². The van der Waals surface area contributed by atoms with Crippen LogP contribution in [0.1, 0.15) is 6.42 Å². The van der Waals surface area contributed by atoms with E-state index in [1.807, 2.05) is 6.26 Å². The number of hydrogen-bond donors (Lipinski definition) is 2. The zero-order chi connectivity index (χ0) is 14.5. The van der Waals surface area contributed by atoms with E-state index >= 15 is 0 Å². The van der Waals surface area contributed by atoms with Crippen molar-refractivity contribution in [2.75, 3.05) is 18.6 Å². The van der Waals surface area contributed by atoms with Crippen molar-refractivity contribution in [3.05, 3.63) is 29.0 Å². The van der Waals surface area contributed by atoms with Crippen LogP contribution in [0, 0.1) is 5.82 Å². The van der Waals surface area contributed by atoms with Crippen molar-refractivity contribution in [2.24, 2.45) is 0 Å². The van der Waals surface area contributed by atoms with Gasteiger partial charge in [-0.2, -0.15) is 11.8 Å². The van der Waals surface area contributed by atoms with E-state index in [0.29, 0.717) is 12.2 Å². The molecule has 1 atom stereocenters. The second kappa shape index (κ2) is 7.44. The Hall–Kier alpha value is -0.340. The van der Waals surface area contributed by atoms with E-state index < -0.39 is 15.8 Å². The molecule has 0 saturated heterocycles. The predicted molar refractivity (Wildman–Crippen MR) is 75.6 cm³/mol. The molecule has 0 fully saturated rings. The lowest BCUT2D eigenvalue weighted by molar-refractivity contribution is 0.276. The average molecular weight is 328 g/mol. The normalized spacial score (nSPS) is 13.5. The van der Waals surface area contributed by atoms with Crippen LogP contribution in [0.2, 0.25) is 5.02 Å². The third-order valence-electron chi connectivity index (χ3n) is 2.37. The highest BCUT2D eigenvalue weighted by atomic mass is 35.5. The molecule has 19 heavy (non-hydrogen) atoms. The smallest absolute Gasteiger partial charge is 0.240 e. The first-order chi connectivity index (χ1) is 8.90. The fourth-order valence-corrected chi connectivity index (χ4v) is 3.76. The Labute approximate surface area is 121 Å². The molecule has 108 valence electrons. The molecular weight excluding hydrogens is 313 g/mol. The topological polar surface area (TPSA) is 66.4 Å². The van der Waals surface area contributed by atoms with E-state index in [4.69, 9.17) is 16.7 Å². The maximum absolute atomic E-state index is 13.0. The van der Waals surface area contributed by atoms with Crippen LogP contribution >= 0.6 is 23.4 Å². The summed E-state index contributed by atoms with van der Waals surface area (Å²) in [5, 5.41) is 8.65. The molecule has 0 heterocycles. The Morgan fingerprint density at radius 2 is 2.21 bits per heavy atom. The summed E-state index contributed by atoms with van der Waals surface area (Å²) in [6.45, 7) is -0.113. The standard InChI is InChI=1S/C11H15ClFNO3S2/c1-18-7-8(4-5-15)14-19(16,17)9-2-3-11(13)10(12)6-9/h2-3,6,8,14-15H,4-5,7H2,1H3/t8-/m0/s1. The van der Waals surface area contributed by atoms with E-state index in [-0.39, 0.29) is 22.6 Å². The van der Waals surface area contributed by atoms with Crippen LogP contribution in [0.15, 0.2) is 23.1 Å². The van der Waals surface area contributed by atoms with Gasteiger partial charge in [0.25, 0.3) is 0 Å². The molecule has 1 rings (SSSR count). The van der Waals surface area contributed by atoms with Crippen molar-refractivity contribution >= 4 is 33.4 Å². The summed E-state index contributed by atoms with van der Waals surface area (Å²) >= 11 is 7.03. The highest BCUT2D eigenvalue weighted by molar-refractivity contribution is 7.98. The van der Waals surface area contributed by atoms with Crippen LogP contribution in [-0.2, 0) is 10.0 Å². The Morgan fingerprint density at radius 3 is 2.74 bits per heavy atom. The van der Waals surface area contributed by atoms with Crippen LogP contribution < -0.4 is 4.72 Å². The van der Waals surface area contributed by atoms with Crippen molar-refractivity contribution in [3.8, 4) is 0 Å². The third-order valence-corrected chi connectivity index (χ3v) is 4.91. The Kier molecular flexibility index (Phi) is 6.55. The molecule has 1 aromatic rings. The number of halogens is 2. The van der Waals surface area contributed by atoms with Crippen molar-refractivity contribution in [1.29, 1.82) is 0 Å². The second-order valence-corrected chi connectivity index (χ2v) is 6.89. The summed E-state index contributed by atoms with van der Waals surface area (Å²) in [4.78, 5) is -0.0945. The Morgan fingerprint density at radius 1 is 1.53 bits per heavy atom. The summed E-state index contributed by atoms with van der Waals surface area (Å²) < 4.78 is 39.6. The first kappa shape index (κ1) is 16.7. The van der Waals surface area contributed by atoms with Gasteiger partial charge in [-0.15, -0.1) is 0 Å².